The summed E-state index contributed by atoms with van der Waals surface area (Å²) in [5, 5.41) is 2.46. The fraction of sp³-hybridized carbons (Fsp3) is 0.267. The van der Waals surface area contributed by atoms with Gasteiger partial charge in [-0.3, -0.25) is 0 Å². The Kier molecular flexibility index (Phi) is 2.76. The number of nitrogens with two attached hydrogens (primary N) is 1. The number of aryl methyl sites for hydroxylation is 2. The number of hydrogen-bond acceptors (Lipinski definition) is 2. The van der Waals surface area contributed by atoms with Gasteiger partial charge in [0.05, 0.1) is 0 Å². The number of fused-ring (bicyclic) bond motifs is 3. The molecule has 2 N–H and O–H groups in total. The van der Waals surface area contributed by atoms with Crippen LogP contribution in [0, 0.1) is 6.92 Å². The number of rotatable bonds is 3. The first-order valence-electron chi connectivity index (χ1n) is 6.35. The van der Waals surface area contributed by atoms with Crippen molar-refractivity contribution in [1.29, 1.82) is 0 Å². The fourth-order valence-electron chi connectivity index (χ4n) is 2.39. The molecular formula is C15H17N3. The van der Waals surface area contributed by atoms with E-state index in [1.807, 2.05) is 6.20 Å². The Hall–Kier alpha value is -1.87. The van der Waals surface area contributed by atoms with Crippen molar-refractivity contribution in [1.82, 2.24) is 9.38 Å². The van der Waals surface area contributed by atoms with Crippen molar-refractivity contribution in [3.8, 4) is 0 Å². The van der Waals surface area contributed by atoms with Crippen LogP contribution < -0.4 is 5.73 Å². The topological polar surface area (TPSA) is 43.3 Å². The smallest absolute Gasteiger partial charge is 0.144 e. The van der Waals surface area contributed by atoms with Gasteiger partial charge >= 0.3 is 0 Å². The molecule has 0 atom stereocenters. The first-order chi connectivity index (χ1) is 8.79. The van der Waals surface area contributed by atoms with E-state index in [1.54, 1.807) is 0 Å². The highest BCUT2D eigenvalue weighted by molar-refractivity contribution is 5.94. The maximum Gasteiger partial charge on any atom is 0.144 e. The highest BCUT2D eigenvalue weighted by Crippen LogP contribution is 2.21. The molecule has 92 valence electrons. The van der Waals surface area contributed by atoms with Crippen molar-refractivity contribution < 1.29 is 0 Å². The molecule has 3 nitrogen and oxygen atoms in total. The van der Waals surface area contributed by atoms with Gasteiger partial charge in [-0.25, -0.2) is 4.98 Å². The maximum atomic E-state index is 5.57. The third-order valence-electron chi connectivity index (χ3n) is 3.36. The summed E-state index contributed by atoms with van der Waals surface area (Å²) in [6, 6.07) is 8.63. The monoisotopic (exact) mass is 239 g/mol. The minimum atomic E-state index is 0.722. The van der Waals surface area contributed by atoms with Crippen LogP contribution in [0.25, 0.3) is 16.4 Å². The number of hydrogen-bond donors (Lipinski definition) is 1. The zero-order chi connectivity index (χ0) is 12.5. The van der Waals surface area contributed by atoms with Crippen LogP contribution >= 0.6 is 0 Å². The summed E-state index contributed by atoms with van der Waals surface area (Å²) < 4.78 is 2.18. The van der Waals surface area contributed by atoms with E-state index in [2.05, 4.69) is 46.8 Å². The Morgan fingerprint density at radius 2 is 2.17 bits per heavy atom. The molecule has 3 rings (SSSR count). The third kappa shape index (κ3) is 1.77. The second kappa shape index (κ2) is 4.42. The SMILES string of the molecule is Cc1ccc2ccn3c(CCCN)cnc3c2c1. The van der Waals surface area contributed by atoms with Gasteiger partial charge in [-0.1, -0.05) is 17.7 Å². The summed E-state index contributed by atoms with van der Waals surface area (Å²) in [7, 11) is 0. The molecule has 0 aliphatic heterocycles. The van der Waals surface area contributed by atoms with Gasteiger partial charge in [0.25, 0.3) is 0 Å². The van der Waals surface area contributed by atoms with Crippen molar-refractivity contribution in [2.45, 2.75) is 19.8 Å². The van der Waals surface area contributed by atoms with Gasteiger partial charge in [0.15, 0.2) is 0 Å². The Labute approximate surface area is 106 Å². The average Bonchev–Trinajstić information content (AvgIpc) is 2.79. The second-order valence-corrected chi connectivity index (χ2v) is 4.74. The molecule has 0 radical (unpaired) electrons. The Morgan fingerprint density at radius 1 is 1.28 bits per heavy atom. The number of aromatic nitrogens is 2. The molecule has 18 heavy (non-hydrogen) atoms. The molecule has 2 aromatic heterocycles. The third-order valence-corrected chi connectivity index (χ3v) is 3.36. The number of imidazole rings is 1. The molecule has 3 aromatic rings. The van der Waals surface area contributed by atoms with E-state index in [0.29, 0.717) is 0 Å². The van der Waals surface area contributed by atoms with E-state index in [0.717, 1.165) is 25.0 Å². The van der Waals surface area contributed by atoms with Gasteiger partial charge in [-0.2, -0.15) is 0 Å². The van der Waals surface area contributed by atoms with Crippen LogP contribution in [0.2, 0.25) is 0 Å². The molecule has 0 aliphatic carbocycles. The van der Waals surface area contributed by atoms with E-state index in [1.165, 1.54) is 22.0 Å². The van der Waals surface area contributed by atoms with Crippen molar-refractivity contribution >= 4 is 16.4 Å². The van der Waals surface area contributed by atoms with Gasteiger partial charge in [0.2, 0.25) is 0 Å². The van der Waals surface area contributed by atoms with Crippen LogP contribution in [0.1, 0.15) is 17.7 Å². The summed E-state index contributed by atoms with van der Waals surface area (Å²) in [6.07, 6.45) is 6.05. The number of pyridine rings is 1. The molecule has 1 aromatic carbocycles. The standard InChI is InChI=1S/C15H17N3/c1-11-4-5-12-6-8-18-13(3-2-7-16)10-17-15(18)14(12)9-11/h4-6,8-10H,2-3,7,16H2,1H3. The lowest BCUT2D eigenvalue weighted by molar-refractivity contribution is 0.803. The summed E-state index contributed by atoms with van der Waals surface area (Å²) in [5.74, 6) is 0. The van der Waals surface area contributed by atoms with Crippen LogP contribution in [-0.4, -0.2) is 15.9 Å². The molecule has 0 unspecified atom stereocenters. The predicted octanol–water partition coefficient (Wildman–Crippen LogP) is 2.69. The maximum absolute atomic E-state index is 5.57. The molecule has 0 fully saturated rings. The van der Waals surface area contributed by atoms with Gasteiger partial charge in [-0.15, -0.1) is 0 Å². The fourth-order valence-corrected chi connectivity index (χ4v) is 2.39. The Morgan fingerprint density at radius 3 is 3.00 bits per heavy atom. The molecule has 0 saturated heterocycles. The minimum absolute atomic E-state index is 0.722. The minimum Gasteiger partial charge on any atom is -0.330 e. The van der Waals surface area contributed by atoms with Gasteiger partial charge in [-0.05, 0) is 43.8 Å². The van der Waals surface area contributed by atoms with E-state index in [-0.39, 0.29) is 0 Å². The van der Waals surface area contributed by atoms with Crippen LogP contribution in [-0.2, 0) is 6.42 Å². The van der Waals surface area contributed by atoms with Crippen LogP contribution in [0.3, 0.4) is 0 Å². The molecule has 0 amide bonds. The zero-order valence-electron chi connectivity index (χ0n) is 10.6. The molecule has 2 heterocycles. The molecule has 0 bridgehead atoms. The Bertz CT molecular complexity index is 697. The normalized spacial score (nSPS) is 11.4. The van der Waals surface area contributed by atoms with E-state index in [9.17, 15) is 0 Å². The lowest BCUT2D eigenvalue weighted by Gasteiger charge is -2.04. The summed E-state index contributed by atoms with van der Waals surface area (Å²) >= 11 is 0. The lowest BCUT2D eigenvalue weighted by Crippen LogP contribution is -2.02. The largest absolute Gasteiger partial charge is 0.330 e. The number of nitrogens with zero attached hydrogens (tertiary/aromatic N) is 2. The first-order valence-corrected chi connectivity index (χ1v) is 6.35. The van der Waals surface area contributed by atoms with E-state index < -0.39 is 0 Å². The van der Waals surface area contributed by atoms with Crippen molar-refractivity contribution in [2.24, 2.45) is 5.73 Å². The average molecular weight is 239 g/mol. The lowest BCUT2D eigenvalue weighted by atomic mass is 10.1. The highest BCUT2D eigenvalue weighted by Gasteiger charge is 2.06. The summed E-state index contributed by atoms with van der Waals surface area (Å²) in [4.78, 5) is 4.56. The predicted molar refractivity (Wildman–Crippen MR) is 74.8 cm³/mol. The molecular weight excluding hydrogens is 222 g/mol. The van der Waals surface area contributed by atoms with Gasteiger partial charge in [0, 0.05) is 23.5 Å². The first kappa shape index (κ1) is 11.2. The molecule has 3 heteroatoms. The van der Waals surface area contributed by atoms with Gasteiger partial charge in [0.1, 0.15) is 5.65 Å². The molecule has 0 saturated carbocycles. The number of benzene rings is 1. The van der Waals surface area contributed by atoms with Gasteiger partial charge < -0.3 is 10.1 Å². The Balaban J connectivity index is 2.22. The van der Waals surface area contributed by atoms with E-state index in [4.69, 9.17) is 5.73 Å². The summed E-state index contributed by atoms with van der Waals surface area (Å²) in [6.45, 7) is 2.83. The van der Waals surface area contributed by atoms with Crippen LogP contribution in [0.5, 0.6) is 0 Å². The molecule has 0 spiro atoms. The summed E-state index contributed by atoms with van der Waals surface area (Å²) in [5.41, 5.74) is 9.12. The van der Waals surface area contributed by atoms with Crippen LogP contribution in [0.15, 0.2) is 36.7 Å². The highest BCUT2D eigenvalue weighted by atomic mass is 15.0. The quantitative estimate of drug-likeness (QED) is 0.763. The van der Waals surface area contributed by atoms with Crippen molar-refractivity contribution in [3.05, 3.63) is 47.9 Å². The van der Waals surface area contributed by atoms with Crippen molar-refractivity contribution in [3.63, 3.8) is 0 Å². The molecule has 0 aliphatic rings. The van der Waals surface area contributed by atoms with E-state index >= 15 is 0 Å². The van der Waals surface area contributed by atoms with Crippen molar-refractivity contribution in [2.75, 3.05) is 6.54 Å². The zero-order valence-corrected chi connectivity index (χ0v) is 10.6. The van der Waals surface area contributed by atoms with Crippen LogP contribution in [0.4, 0.5) is 0 Å². The second-order valence-electron chi connectivity index (χ2n) is 4.74.